The van der Waals surface area contributed by atoms with Gasteiger partial charge < -0.3 is 14.1 Å². The van der Waals surface area contributed by atoms with Crippen molar-refractivity contribution in [2.75, 3.05) is 40.4 Å². The summed E-state index contributed by atoms with van der Waals surface area (Å²) >= 11 is 0. The number of carbonyl (C=O) groups excluding carboxylic acids is 1. The molecule has 1 aromatic rings. The molecule has 3 atom stereocenters. The van der Waals surface area contributed by atoms with Gasteiger partial charge in [-0.15, -0.1) is 0 Å². The highest BCUT2D eigenvalue weighted by Crippen LogP contribution is 2.36. The maximum Gasteiger partial charge on any atom is 0.222 e. The molecule has 0 aliphatic carbocycles. The minimum Gasteiger partial charge on any atom is -0.465 e. The molecule has 22 heavy (non-hydrogen) atoms. The fourth-order valence-corrected chi connectivity index (χ4v) is 3.73. The van der Waals surface area contributed by atoms with Gasteiger partial charge in [0.2, 0.25) is 5.91 Å². The van der Waals surface area contributed by atoms with Crippen LogP contribution in [0.1, 0.15) is 17.9 Å². The lowest BCUT2D eigenvalue weighted by Gasteiger charge is -2.33. The van der Waals surface area contributed by atoms with E-state index in [0.717, 1.165) is 37.8 Å². The lowest BCUT2D eigenvalue weighted by Crippen LogP contribution is -2.38. The van der Waals surface area contributed by atoms with Gasteiger partial charge in [0.25, 0.3) is 0 Å². The molecule has 5 nitrogen and oxygen atoms in total. The molecular formula is C17H26N2O3. The van der Waals surface area contributed by atoms with E-state index < -0.39 is 0 Å². The molecule has 0 saturated carbocycles. The van der Waals surface area contributed by atoms with Gasteiger partial charge in [0.05, 0.1) is 19.8 Å². The van der Waals surface area contributed by atoms with Gasteiger partial charge in [-0.25, -0.2) is 0 Å². The summed E-state index contributed by atoms with van der Waals surface area (Å²) in [6.07, 6.45) is 0.599. The lowest BCUT2D eigenvalue weighted by molar-refractivity contribution is -0.132. The number of likely N-dealkylation sites (tertiary alicyclic amines) is 1. The van der Waals surface area contributed by atoms with Crippen LogP contribution in [0.3, 0.4) is 0 Å². The number of amides is 1. The summed E-state index contributed by atoms with van der Waals surface area (Å²) < 4.78 is 11.4. The van der Waals surface area contributed by atoms with Gasteiger partial charge in [0.15, 0.2) is 0 Å². The molecule has 2 aliphatic heterocycles. The third kappa shape index (κ3) is 3.36. The number of ether oxygens (including phenoxy) is 1. The van der Waals surface area contributed by atoms with Crippen LogP contribution in [-0.2, 0) is 16.1 Å². The Morgan fingerprint density at radius 3 is 2.82 bits per heavy atom. The molecule has 2 aliphatic rings. The molecule has 5 heteroatoms. The van der Waals surface area contributed by atoms with Crippen LogP contribution in [-0.4, -0.2) is 56.1 Å². The molecule has 0 spiro atoms. The number of nitrogens with zero attached hydrogens (tertiary/aromatic N) is 2. The van der Waals surface area contributed by atoms with Gasteiger partial charge in [-0.3, -0.25) is 9.69 Å². The van der Waals surface area contributed by atoms with Crippen molar-refractivity contribution in [2.24, 2.45) is 17.8 Å². The second kappa shape index (κ2) is 6.42. The molecule has 3 heterocycles. The molecule has 2 fully saturated rings. The quantitative estimate of drug-likeness (QED) is 0.850. The average Bonchev–Trinajstić information content (AvgIpc) is 3.05. The van der Waals surface area contributed by atoms with Crippen molar-refractivity contribution < 1.29 is 13.9 Å². The Labute approximate surface area is 132 Å². The van der Waals surface area contributed by atoms with Crippen molar-refractivity contribution in [3.8, 4) is 0 Å². The molecule has 122 valence electrons. The van der Waals surface area contributed by atoms with Crippen LogP contribution in [0.5, 0.6) is 0 Å². The minimum absolute atomic E-state index is 0.203. The van der Waals surface area contributed by atoms with Crippen molar-refractivity contribution in [2.45, 2.75) is 19.9 Å². The van der Waals surface area contributed by atoms with Crippen LogP contribution >= 0.6 is 0 Å². The monoisotopic (exact) mass is 306 g/mol. The molecule has 0 aromatic carbocycles. The van der Waals surface area contributed by atoms with E-state index in [4.69, 9.17) is 9.15 Å². The predicted molar refractivity (Wildman–Crippen MR) is 83.3 cm³/mol. The first-order valence-corrected chi connectivity index (χ1v) is 8.08. The van der Waals surface area contributed by atoms with E-state index in [1.54, 1.807) is 4.90 Å². The largest absolute Gasteiger partial charge is 0.465 e. The van der Waals surface area contributed by atoms with E-state index in [1.807, 2.05) is 27.1 Å². The summed E-state index contributed by atoms with van der Waals surface area (Å²) in [6.45, 7) is 6.45. The molecule has 1 amide bonds. The Morgan fingerprint density at radius 2 is 2.14 bits per heavy atom. The average molecular weight is 306 g/mol. The van der Waals surface area contributed by atoms with E-state index in [1.165, 1.54) is 0 Å². The molecule has 0 radical (unpaired) electrons. The topological polar surface area (TPSA) is 45.9 Å². The first-order chi connectivity index (χ1) is 10.5. The van der Waals surface area contributed by atoms with Gasteiger partial charge in [-0.05, 0) is 36.8 Å². The zero-order chi connectivity index (χ0) is 15.7. The molecule has 0 bridgehead atoms. The normalized spacial score (nSPS) is 28.6. The number of fused-ring (bicyclic) bond motifs is 1. The van der Waals surface area contributed by atoms with Gasteiger partial charge in [0.1, 0.15) is 11.5 Å². The third-order valence-electron chi connectivity index (χ3n) is 4.95. The first-order valence-electron chi connectivity index (χ1n) is 8.08. The summed E-state index contributed by atoms with van der Waals surface area (Å²) in [5.41, 5.74) is 0. The number of aryl methyl sites for hydroxylation is 1. The smallest absolute Gasteiger partial charge is 0.222 e. The number of rotatable bonds is 4. The zero-order valence-corrected chi connectivity index (χ0v) is 13.7. The Balaban J connectivity index is 1.61. The van der Waals surface area contributed by atoms with Gasteiger partial charge in [0, 0.05) is 33.6 Å². The first kappa shape index (κ1) is 15.6. The molecule has 0 unspecified atom stereocenters. The highest BCUT2D eigenvalue weighted by molar-refractivity contribution is 5.75. The number of hydrogen-bond acceptors (Lipinski definition) is 4. The van der Waals surface area contributed by atoms with Crippen LogP contribution in [0, 0.1) is 24.7 Å². The number of furan rings is 1. The summed E-state index contributed by atoms with van der Waals surface area (Å²) in [7, 11) is 3.65. The van der Waals surface area contributed by atoms with Crippen LogP contribution in [0.15, 0.2) is 16.5 Å². The SMILES string of the molecule is Cc1ccc(CN2C[C@@H]3COC[C@@H](CC(=O)N(C)C)[C@@H]3C2)o1. The highest BCUT2D eigenvalue weighted by Gasteiger charge is 2.41. The van der Waals surface area contributed by atoms with Gasteiger partial charge in [-0.2, -0.15) is 0 Å². The Hall–Kier alpha value is -1.33. The van der Waals surface area contributed by atoms with E-state index in [0.29, 0.717) is 30.8 Å². The van der Waals surface area contributed by atoms with Crippen LogP contribution < -0.4 is 0 Å². The molecule has 1 aromatic heterocycles. The lowest BCUT2D eigenvalue weighted by atomic mass is 9.81. The van der Waals surface area contributed by atoms with Crippen LogP contribution in [0.2, 0.25) is 0 Å². The maximum atomic E-state index is 12.0. The highest BCUT2D eigenvalue weighted by atomic mass is 16.5. The van der Waals surface area contributed by atoms with E-state index in [-0.39, 0.29) is 5.91 Å². The second-order valence-corrected chi connectivity index (χ2v) is 6.92. The molecule has 2 saturated heterocycles. The third-order valence-corrected chi connectivity index (χ3v) is 4.95. The number of hydrogen-bond donors (Lipinski definition) is 0. The van der Waals surface area contributed by atoms with Crippen molar-refractivity contribution >= 4 is 5.91 Å². The second-order valence-electron chi connectivity index (χ2n) is 6.92. The van der Waals surface area contributed by atoms with Crippen LogP contribution in [0.4, 0.5) is 0 Å². The van der Waals surface area contributed by atoms with Crippen molar-refractivity contribution in [3.63, 3.8) is 0 Å². The van der Waals surface area contributed by atoms with Crippen molar-refractivity contribution in [1.29, 1.82) is 0 Å². The molecule has 0 N–H and O–H groups in total. The zero-order valence-electron chi connectivity index (χ0n) is 13.7. The van der Waals surface area contributed by atoms with Crippen molar-refractivity contribution in [1.82, 2.24) is 9.80 Å². The van der Waals surface area contributed by atoms with E-state index >= 15 is 0 Å². The van der Waals surface area contributed by atoms with Gasteiger partial charge in [-0.1, -0.05) is 0 Å². The summed E-state index contributed by atoms with van der Waals surface area (Å²) in [5.74, 6) is 3.65. The molecular weight excluding hydrogens is 280 g/mol. The maximum absolute atomic E-state index is 12.0. The standard InChI is InChI=1S/C17H26N2O3/c1-12-4-5-15(22-12)8-19-7-14-11-21-10-13(16(14)9-19)6-17(20)18(2)3/h4-5,13-14,16H,6-11H2,1-3H3/t13-,14-,16+/m1/s1. The fraction of sp³-hybridized carbons (Fsp3) is 0.706. The Kier molecular flexibility index (Phi) is 4.54. The summed E-state index contributed by atoms with van der Waals surface area (Å²) in [6, 6.07) is 4.07. The van der Waals surface area contributed by atoms with Crippen molar-refractivity contribution in [3.05, 3.63) is 23.7 Å². The molecule has 3 rings (SSSR count). The van der Waals surface area contributed by atoms with E-state index in [2.05, 4.69) is 11.0 Å². The fourth-order valence-electron chi connectivity index (χ4n) is 3.73. The van der Waals surface area contributed by atoms with Gasteiger partial charge >= 0.3 is 0 Å². The number of carbonyl (C=O) groups is 1. The predicted octanol–water partition coefficient (Wildman–Crippen LogP) is 1.76. The summed E-state index contributed by atoms with van der Waals surface area (Å²) in [4.78, 5) is 16.1. The summed E-state index contributed by atoms with van der Waals surface area (Å²) in [5, 5.41) is 0. The minimum atomic E-state index is 0.203. The Bertz CT molecular complexity index is 526. The van der Waals surface area contributed by atoms with E-state index in [9.17, 15) is 4.79 Å². The van der Waals surface area contributed by atoms with Crippen LogP contribution in [0.25, 0.3) is 0 Å². The Morgan fingerprint density at radius 1 is 1.32 bits per heavy atom.